The molecular weight excluding hydrogens is 245 g/mol. The van der Waals surface area contributed by atoms with Gasteiger partial charge in [-0.05, 0) is 36.5 Å². The van der Waals surface area contributed by atoms with Crippen molar-refractivity contribution in [2.75, 3.05) is 6.66 Å². The maximum Gasteiger partial charge on any atom is 0.247 e. The lowest BCUT2D eigenvalue weighted by Crippen LogP contribution is -2.12. The van der Waals surface area contributed by atoms with Crippen LogP contribution >= 0.6 is 7.37 Å². The van der Waals surface area contributed by atoms with Crippen LogP contribution in [0.1, 0.15) is 38.3 Å². The molecule has 1 saturated carbocycles. The summed E-state index contributed by atoms with van der Waals surface area (Å²) in [4.78, 5) is 0. The summed E-state index contributed by atoms with van der Waals surface area (Å²) in [6.45, 7) is 5.51. The predicted octanol–water partition coefficient (Wildman–Crippen LogP) is 3.79. The Bertz CT molecular complexity index is 451. The normalized spacial score (nSPS) is 20.5. The van der Waals surface area contributed by atoms with Crippen molar-refractivity contribution >= 4 is 7.37 Å². The minimum atomic E-state index is -2.56. The average molecular weight is 267 g/mol. The summed E-state index contributed by atoms with van der Waals surface area (Å²) in [6.07, 6.45) is 2.47. The van der Waals surface area contributed by atoms with Gasteiger partial charge in [0.25, 0.3) is 0 Å². The molecule has 1 aromatic rings. The van der Waals surface area contributed by atoms with Gasteiger partial charge in [0.15, 0.2) is 0 Å². The number of hydrogen-bond donors (Lipinski definition) is 1. The molecule has 4 heteroatoms. The van der Waals surface area contributed by atoms with Crippen molar-refractivity contribution in [2.45, 2.75) is 38.4 Å². The third-order valence-electron chi connectivity index (χ3n) is 3.62. The van der Waals surface area contributed by atoms with E-state index >= 15 is 0 Å². The summed E-state index contributed by atoms with van der Waals surface area (Å²) < 4.78 is 17.8. The Balaban J connectivity index is 2.05. The quantitative estimate of drug-likeness (QED) is 0.826. The minimum Gasteiger partial charge on any atom is -0.443 e. The second-order valence-electron chi connectivity index (χ2n) is 5.53. The molecule has 1 aliphatic carbocycles. The van der Waals surface area contributed by atoms with Gasteiger partial charge in [0.05, 0.1) is 0 Å². The summed E-state index contributed by atoms with van der Waals surface area (Å²) in [5.41, 5.74) is 7.30. The molecule has 1 fully saturated rings. The Hall–Kier alpha value is -0.790. The lowest BCUT2D eigenvalue weighted by atomic mass is 10.0. The number of benzene rings is 1. The van der Waals surface area contributed by atoms with Crippen LogP contribution in [-0.2, 0) is 4.57 Å². The second kappa shape index (κ2) is 5.07. The summed E-state index contributed by atoms with van der Waals surface area (Å²) in [7, 11) is -2.56. The Kier molecular flexibility index (Phi) is 3.84. The lowest BCUT2D eigenvalue weighted by Gasteiger charge is -2.19. The smallest absolute Gasteiger partial charge is 0.247 e. The molecule has 2 rings (SSSR count). The standard InChI is InChI=1S/C14H22NO2P/c1-10(2)18(3,16)17-13-8-6-12(7-9-13)14(15)11-4-5-11/h6-11,14H,4-5,15H2,1-3H3. The molecule has 0 radical (unpaired) electrons. The highest BCUT2D eigenvalue weighted by Gasteiger charge is 2.29. The summed E-state index contributed by atoms with van der Waals surface area (Å²) >= 11 is 0. The predicted molar refractivity (Wildman–Crippen MR) is 75.4 cm³/mol. The first-order chi connectivity index (χ1) is 8.40. The zero-order chi connectivity index (χ0) is 13.3. The van der Waals surface area contributed by atoms with Crippen LogP contribution in [0.3, 0.4) is 0 Å². The van der Waals surface area contributed by atoms with Crippen LogP contribution in [-0.4, -0.2) is 12.3 Å². The topological polar surface area (TPSA) is 52.3 Å². The van der Waals surface area contributed by atoms with E-state index < -0.39 is 7.37 Å². The highest BCUT2D eigenvalue weighted by molar-refractivity contribution is 7.59. The van der Waals surface area contributed by atoms with Crippen molar-refractivity contribution in [1.29, 1.82) is 0 Å². The highest BCUT2D eigenvalue weighted by atomic mass is 31.2. The zero-order valence-corrected chi connectivity index (χ0v) is 12.2. The van der Waals surface area contributed by atoms with Crippen LogP contribution in [0, 0.1) is 5.92 Å². The van der Waals surface area contributed by atoms with Gasteiger partial charge in [0, 0.05) is 18.4 Å². The molecule has 0 spiro atoms. The van der Waals surface area contributed by atoms with Gasteiger partial charge in [-0.15, -0.1) is 0 Å². The average Bonchev–Trinajstić information content (AvgIpc) is 3.12. The van der Waals surface area contributed by atoms with Crippen molar-refractivity contribution in [3.05, 3.63) is 29.8 Å². The molecule has 18 heavy (non-hydrogen) atoms. The molecule has 0 saturated heterocycles. The zero-order valence-electron chi connectivity index (χ0n) is 11.3. The van der Waals surface area contributed by atoms with Crippen LogP contribution in [0.5, 0.6) is 5.75 Å². The fourth-order valence-corrected chi connectivity index (χ4v) is 2.54. The summed E-state index contributed by atoms with van der Waals surface area (Å²) in [6, 6.07) is 7.85. The third kappa shape index (κ3) is 3.15. The molecule has 2 N–H and O–H groups in total. The molecule has 3 nitrogen and oxygen atoms in total. The molecule has 0 bridgehead atoms. The van der Waals surface area contributed by atoms with E-state index in [4.69, 9.17) is 10.3 Å². The Labute approximate surface area is 109 Å². The van der Waals surface area contributed by atoms with Crippen LogP contribution in [0.4, 0.5) is 0 Å². The van der Waals surface area contributed by atoms with Gasteiger partial charge in [0.1, 0.15) is 5.75 Å². The van der Waals surface area contributed by atoms with Crippen molar-refractivity contribution in [1.82, 2.24) is 0 Å². The minimum absolute atomic E-state index is 0.0332. The first-order valence-corrected chi connectivity index (χ1v) is 8.66. The molecule has 0 amide bonds. The van der Waals surface area contributed by atoms with E-state index in [1.807, 2.05) is 38.1 Å². The van der Waals surface area contributed by atoms with Crippen molar-refractivity contribution < 1.29 is 9.09 Å². The van der Waals surface area contributed by atoms with E-state index in [0.717, 1.165) is 5.56 Å². The maximum atomic E-state index is 12.2. The van der Waals surface area contributed by atoms with E-state index in [1.54, 1.807) is 6.66 Å². The van der Waals surface area contributed by atoms with Gasteiger partial charge >= 0.3 is 0 Å². The fourth-order valence-electron chi connectivity index (χ4n) is 1.79. The first kappa shape index (κ1) is 13.6. The molecule has 2 unspecified atom stereocenters. The van der Waals surface area contributed by atoms with Crippen LogP contribution in [0.25, 0.3) is 0 Å². The monoisotopic (exact) mass is 267 g/mol. The molecular formula is C14H22NO2P. The molecule has 100 valence electrons. The third-order valence-corrected chi connectivity index (χ3v) is 6.07. The largest absolute Gasteiger partial charge is 0.443 e. The van der Waals surface area contributed by atoms with Crippen molar-refractivity contribution in [2.24, 2.45) is 11.7 Å². The highest BCUT2D eigenvalue weighted by Crippen LogP contribution is 2.48. The molecule has 2 atom stereocenters. The maximum absolute atomic E-state index is 12.2. The van der Waals surface area contributed by atoms with Gasteiger partial charge < -0.3 is 10.3 Å². The Morgan fingerprint density at radius 1 is 1.28 bits per heavy atom. The van der Waals surface area contributed by atoms with E-state index in [-0.39, 0.29) is 11.7 Å². The Morgan fingerprint density at radius 3 is 2.28 bits per heavy atom. The molecule has 1 aromatic carbocycles. The van der Waals surface area contributed by atoms with Gasteiger partial charge in [-0.1, -0.05) is 26.0 Å². The first-order valence-electron chi connectivity index (χ1n) is 6.52. The van der Waals surface area contributed by atoms with Crippen molar-refractivity contribution in [3.63, 3.8) is 0 Å². The van der Waals surface area contributed by atoms with Crippen molar-refractivity contribution in [3.8, 4) is 5.75 Å². The number of nitrogens with two attached hydrogens (primary N) is 1. The Morgan fingerprint density at radius 2 is 1.83 bits per heavy atom. The van der Waals surface area contributed by atoms with Crippen LogP contribution in [0.2, 0.25) is 0 Å². The van der Waals surface area contributed by atoms with Crippen LogP contribution < -0.4 is 10.3 Å². The lowest BCUT2D eigenvalue weighted by molar-refractivity contribution is 0.479. The van der Waals surface area contributed by atoms with Gasteiger partial charge in [-0.3, -0.25) is 4.57 Å². The van der Waals surface area contributed by atoms with E-state index in [0.29, 0.717) is 11.7 Å². The van der Waals surface area contributed by atoms with E-state index in [2.05, 4.69) is 0 Å². The molecule has 0 heterocycles. The van der Waals surface area contributed by atoms with Gasteiger partial charge in [-0.2, -0.15) is 0 Å². The van der Waals surface area contributed by atoms with Gasteiger partial charge in [0.2, 0.25) is 7.37 Å². The SMILES string of the molecule is CC(C)P(C)(=O)Oc1ccc(C(N)C2CC2)cc1. The summed E-state index contributed by atoms with van der Waals surface area (Å²) in [5.74, 6) is 1.31. The fraction of sp³-hybridized carbons (Fsp3) is 0.571. The molecule has 1 aliphatic rings. The van der Waals surface area contributed by atoms with E-state index in [9.17, 15) is 4.57 Å². The number of rotatable bonds is 5. The molecule has 0 aliphatic heterocycles. The second-order valence-corrected chi connectivity index (χ2v) is 8.56. The van der Waals surface area contributed by atoms with E-state index in [1.165, 1.54) is 12.8 Å². The summed E-state index contributed by atoms with van der Waals surface area (Å²) in [5, 5.41) is 0. The van der Waals surface area contributed by atoms with Crippen LogP contribution in [0.15, 0.2) is 24.3 Å². The molecule has 0 aromatic heterocycles. The number of hydrogen-bond acceptors (Lipinski definition) is 3. The van der Waals surface area contributed by atoms with Gasteiger partial charge in [-0.25, -0.2) is 0 Å².